The zero-order chi connectivity index (χ0) is 14.0. The molecule has 0 spiro atoms. The molecule has 4 heteroatoms. The second kappa shape index (κ2) is 5.80. The van der Waals surface area contributed by atoms with E-state index in [0.717, 1.165) is 31.7 Å². The maximum Gasteiger partial charge on any atom is 0.107 e. The average molecular weight is 276 g/mol. The first-order chi connectivity index (χ1) is 9.73. The number of aliphatic hydroxyl groups excluding tert-OH is 1. The Kier molecular flexibility index (Phi) is 4.06. The second-order valence-electron chi connectivity index (χ2n) is 6.18. The van der Waals surface area contributed by atoms with Gasteiger partial charge < -0.3 is 15.2 Å². The molecule has 1 aromatic heterocycles. The summed E-state index contributed by atoms with van der Waals surface area (Å²) in [6.45, 7) is 3.73. The van der Waals surface area contributed by atoms with E-state index in [9.17, 15) is 5.11 Å². The number of nitrogens with one attached hydrogen (secondary N) is 1. The van der Waals surface area contributed by atoms with Crippen LogP contribution in [0.5, 0.6) is 0 Å². The fourth-order valence-electron chi connectivity index (χ4n) is 3.34. The van der Waals surface area contributed by atoms with E-state index in [0.29, 0.717) is 5.92 Å². The Morgan fingerprint density at radius 3 is 3.00 bits per heavy atom. The predicted molar refractivity (Wildman–Crippen MR) is 77.3 cm³/mol. The van der Waals surface area contributed by atoms with Crippen LogP contribution in [0.1, 0.15) is 36.9 Å². The van der Waals surface area contributed by atoms with Crippen molar-refractivity contribution in [2.75, 3.05) is 13.2 Å². The molecule has 4 nitrogen and oxygen atoms in total. The van der Waals surface area contributed by atoms with E-state index >= 15 is 0 Å². The summed E-state index contributed by atoms with van der Waals surface area (Å²) in [5.74, 6) is 0.656. The molecule has 0 aromatic carbocycles. The topological polar surface area (TPSA) is 54.4 Å². The molecule has 1 saturated heterocycles. The van der Waals surface area contributed by atoms with Crippen molar-refractivity contribution < 1.29 is 9.84 Å². The lowest BCUT2D eigenvalue weighted by atomic mass is 9.88. The third kappa shape index (κ3) is 2.87. The van der Waals surface area contributed by atoms with Crippen molar-refractivity contribution in [3.8, 4) is 0 Å². The summed E-state index contributed by atoms with van der Waals surface area (Å²) in [6, 6.07) is 4.42. The number of pyridine rings is 1. The van der Waals surface area contributed by atoms with Gasteiger partial charge in [-0.05, 0) is 56.2 Å². The minimum absolute atomic E-state index is 0.122. The molecule has 20 heavy (non-hydrogen) atoms. The number of aromatic nitrogens is 1. The minimum atomic E-state index is -0.358. The molecule has 2 unspecified atom stereocenters. The third-order valence-electron chi connectivity index (χ3n) is 4.55. The highest BCUT2D eigenvalue weighted by Gasteiger charge is 2.48. The van der Waals surface area contributed by atoms with Crippen molar-refractivity contribution in [1.29, 1.82) is 0 Å². The van der Waals surface area contributed by atoms with Crippen LogP contribution in [0.4, 0.5) is 0 Å². The maximum atomic E-state index is 9.83. The van der Waals surface area contributed by atoms with Crippen molar-refractivity contribution in [1.82, 2.24) is 10.3 Å². The van der Waals surface area contributed by atoms with Gasteiger partial charge in [-0.25, -0.2) is 0 Å². The van der Waals surface area contributed by atoms with Gasteiger partial charge in [-0.1, -0.05) is 0 Å². The number of aliphatic hydroxyl groups is 1. The smallest absolute Gasteiger partial charge is 0.107 e. The molecule has 2 aliphatic rings. The molecule has 0 amide bonds. The molecular formula is C16H24N2O2. The first-order valence-corrected chi connectivity index (χ1v) is 7.63. The van der Waals surface area contributed by atoms with E-state index < -0.39 is 0 Å². The number of ether oxygens (including phenoxy) is 1. The quantitative estimate of drug-likeness (QED) is 0.832. The van der Waals surface area contributed by atoms with E-state index in [1.807, 2.05) is 19.2 Å². The molecule has 2 N–H and O–H groups in total. The van der Waals surface area contributed by atoms with Gasteiger partial charge in [-0.15, -0.1) is 0 Å². The minimum Gasteiger partial charge on any atom is -0.393 e. The average Bonchev–Trinajstić information content (AvgIpc) is 3.16. The van der Waals surface area contributed by atoms with Crippen LogP contribution >= 0.6 is 0 Å². The molecule has 1 aliphatic heterocycles. The first-order valence-electron chi connectivity index (χ1n) is 7.63. The lowest BCUT2D eigenvalue weighted by molar-refractivity contribution is -0.0697. The second-order valence-corrected chi connectivity index (χ2v) is 6.18. The van der Waals surface area contributed by atoms with Gasteiger partial charge in [0.2, 0.25) is 0 Å². The van der Waals surface area contributed by atoms with Crippen molar-refractivity contribution in [2.45, 2.75) is 50.8 Å². The SMILES string of the molecule is Cc1cc(CNC(C2CC2)C2(CO)CCCO2)ccn1. The number of hydrogen-bond donors (Lipinski definition) is 2. The lowest BCUT2D eigenvalue weighted by Crippen LogP contribution is -2.54. The van der Waals surface area contributed by atoms with E-state index in [1.54, 1.807) is 0 Å². The lowest BCUT2D eigenvalue weighted by Gasteiger charge is -2.36. The van der Waals surface area contributed by atoms with Crippen LogP contribution in [0.3, 0.4) is 0 Å². The molecule has 1 aromatic rings. The van der Waals surface area contributed by atoms with E-state index in [1.165, 1.54) is 18.4 Å². The van der Waals surface area contributed by atoms with Crippen LogP contribution in [0.15, 0.2) is 18.3 Å². The Morgan fingerprint density at radius 2 is 2.40 bits per heavy atom. The molecule has 0 bridgehead atoms. The zero-order valence-electron chi connectivity index (χ0n) is 12.1. The van der Waals surface area contributed by atoms with Gasteiger partial charge >= 0.3 is 0 Å². The van der Waals surface area contributed by atoms with Gasteiger partial charge in [0.25, 0.3) is 0 Å². The zero-order valence-corrected chi connectivity index (χ0v) is 12.1. The van der Waals surface area contributed by atoms with Gasteiger partial charge in [0.15, 0.2) is 0 Å². The van der Waals surface area contributed by atoms with Gasteiger partial charge in [0.05, 0.1) is 6.61 Å². The van der Waals surface area contributed by atoms with Crippen molar-refractivity contribution >= 4 is 0 Å². The number of aryl methyl sites for hydroxylation is 1. The monoisotopic (exact) mass is 276 g/mol. The summed E-state index contributed by atoms with van der Waals surface area (Å²) in [5, 5.41) is 13.5. The Morgan fingerprint density at radius 1 is 1.55 bits per heavy atom. The molecule has 2 heterocycles. The van der Waals surface area contributed by atoms with Crippen LogP contribution < -0.4 is 5.32 Å². The molecular weight excluding hydrogens is 252 g/mol. The van der Waals surface area contributed by atoms with Gasteiger partial charge in [-0.3, -0.25) is 4.98 Å². The largest absolute Gasteiger partial charge is 0.393 e. The van der Waals surface area contributed by atoms with Crippen LogP contribution in [-0.4, -0.2) is 34.9 Å². The molecule has 2 atom stereocenters. The normalized spacial score (nSPS) is 27.7. The first kappa shape index (κ1) is 14.0. The summed E-state index contributed by atoms with van der Waals surface area (Å²) in [6.07, 6.45) is 6.37. The molecule has 1 aliphatic carbocycles. The summed E-state index contributed by atoms with van der Waals surface area (Å²) < 4.78 is 5.94. The summed E-state index contributed by atoms with van der Waals surface area (Å²) in [4.78, 5) is 4.23. The van der Waals surface area contributed by atoms with Gasteiger partial charge in [0, 0.05) is 31.1 Å². The molecule has 110 valence electrons. The Balaban J connectivity index is 1.68. The number of rotatable bonds is 6. The van der Waals surface area contributed by atoms with Crippen molar-refractivity contribution in [2.24, 2.45) is 5.92 Å². The van der Waals surface area contributed by atoms with Crippen LogP contribution in [-0.2, 0) is 11.3 Å². The highest BCUT2D eigenvalue weighted by atomic mass is 16.5. The number of nitrogens with zero attached hydrogens (tertiary/aromatic N) is 1. The van der Waals surface area contributed by atoms with Crippen molar-refractivity contribution in [3.63, 3.8) is 0 Å². The van der Waals surface area contributed by atoms with Crippen LogP contribution in [0, 0.1) is 12.8 Å². The Hall–Kier alpha value is -0.970. The van der Waals surface area contributed by atoms with E-state index in [4.69, 9.17) is 4.74 Å². The van der Waals surface area contributed by atoms with Gasteiger partial charge in [-0.2, -0.15) is 0 Å². The van der Waals surface area contributed by atoms with E-state index in [-0.39, 0.29) is 18.2 Å². The molecule has 1 saturated carbocycles. The molecule has 0 radical (unpaired) electrons. The predicted octanol–water partition coefficient (Wildman–Crippen LogP) is 1.80. The highest BCUT2D eigenvalue weighted by molar-refractivity contribution is 5.16. The standard InChI is InChI=1S/C16H24N2O2/c1-12-9-13(5-7-17-12)10-18-15(14-3-4-14)16(11-19)6-2-8-20-16/h5,7,9,14-15,18-19H,2-4,6,8,10-11H2,1H3. The number of hydrogen-bond acceptors (Lipinski definition) is 4. The van der Waals surface area contributed by atoms with Gasteiger partial charge in [0.1, 0.15) is 5.60 Å². The van der Waals surface area contributed by atoms with E-state index in [2.05, 4.69) is 16.4 Å². The maximum absolute atomic E-state index is 9.83. The third-order valence-corrected chi connectivity index (χ3v) is 4.55. The summed E-state index contributed by atoms with van der Waals surface area (Å²) >= 11 is 0. The van der Waals surface area contributed by atoms with Crippen LogP contribution in [0.2, 0.25) is 0 Å². The van der Waals surface area contributed by atoms with Crippen LogP contribution in [0.25, 0.3) is 0 Å². The fourth-order valence-corrected chi connectivity index (χ4v) is 3.34. The highest BCUT2D eigenvalue weighted by Crippen LogP contribution is 2.42. The summed E-state index contributed by atoms with van der Waals surface area (Å²) in [5.41, 5.74) is 1.93. The molecule has 2 fully saturated rings. The Labute approximate surface area is 120 Å². The molecule has 3 rings (SSSR count). The fraction of sp³-hybridized carbons (Fsp3) is 0.688. The Bertz CT molecular complexity index is 454. The van der Waals surface area contributed by atoms with Crippen molar-refractivity contribution in [3.05, 3.63) is 29.6 Å². The summed E-state index contributed by atoms with van der Waals surface area (Å²) in [7, 11) is 0.